The van der Waals surface area contributed by atoms with Crippen LogP contribution < -0.4 is 5.32 Å². The van der Waals surface area contributed by atoms with E-state index in [1.165, 1.54) is 0 Å². The van der Waals surface area contributed by atoms with Crippen LogP contribution in [0.1, 0.15) is 24.4 Å². The molecule has 136 valence electrons. The molecule has 3 rings (SSSR count). The minimum absolute atomic E-state index is 0. The summed E-state index contributed by atoms with van der Waals surface area (Å²) >= 11 is 6.36. The third-order valence-electron chi connectivity index (χ3n) is 4.86. The van der Waals surface area contributed by atoms with Gasteiger partial charge in [0, 0.05) is 30.6 Å². The van der Waals surface area contributed by atoms with Gasteiger partial charge in [-0.2, -0.15) is 0 Å². The van der Waals surface area contributed by atoms with Crippen LogP contribution in [0.25, 0.3) is 0 Å². The van der Waals surface area contributed by atoms with Gasteiger partial charge in [-0.25, -0.2) is 0 Å². The Labute approximate surface area is 161 Å². The van der Waals surface area contributed by atoms with Crippen LogP contribution in [0.4, 0.5) is 0 Å². The molecule has 0 aliphatic carbocycles. The number of nitrogens with zero attached hydrogens (tertiary/aromatic N) is 2. The molecule has 1 N–H and O–H groups in total. The number of piperidine rings is 1. The molecule has 0 radical (unpaired) electrons. The number of likely N-dealkylation sites (tertiary alicyclic amines) is 1. The number of carbonyl (C=O) groups excluding carboxylic acids is 1. The highest BCUT2D eigenvalue weighted by Crippen LogP contribution is 2.31. The van der Waals surface area contributed by atoms with Crippen molar-refractivity contribution in [2.75, 3.05) is 39.8 Å². The first-order valence-corrected chi connectivity index (χ1v) is 8.49. The summed E-state index contributed by atoms with van der Waals surface area (Å²) in [6, 6.07) is 7.92. The smallest absolute Gasteiger partial charge is 0.226 e. The number of carbonyl (C=O) groups is 1. The highest BCUT2D eigenvalue weighted by molar-refractivity contribution is 6.31. The maximum absolute atomic E-state index is 13.0. The molecular formula is C17H26Cl3N3O. The van der Waals surface area contributed by atoms with E-state index in [9.17, 15) is 4.79 Å². The molecule has 2 aliphatic heterocycles. The second-order valence-electron chi connectivity index (χ2n) is 6.35. The molecule has 7 heteroatoms. The number of benzene rings is 1. The maximum Gasteiger partial charge on any atom is 0.226 e. The van der Waals surface area contributed by atoms with Crippen molar-refractivity contribution >= 4 is 42.3 Å². The van der Waals surface area contributed by atoms with Gasteiger partial charge in [-0.3, -0.25) is 4.79 Å². The zero-order valence-corrected chi connectivity index (χ0v) is 16.3. The Morgan fingerprint density at radius 1 is 1.17 bits per heavy atom. The van der Waals surface area contributed by atoms with Gasteiger partial charge in [-0.15, -0.1) is 24.8 Å². The number of nitrogens with one attached hydrogen (secondary N) is 1. The lowest BCUT2D eigenvalue weighted by molar-refractivity contribution is -0.140. The molecule has 0 aromatic heterocycles. The van der Waals surface area contributed by atoms with Crippen molar-refractivity contribution in [1.29, 1.82) is 0 Å². The molecule has 0 spiro atoms. The monoisotopic (exact) mass is 393 g/mol. The zero-order chi connectivity index (χ0) is 15.5. The van der Waals surface area contributed by atoms with E-state index in [0.717, 1.165) is 56.2 Å². The molecule has 2 fully saturated rings. The summed E-state index contributed by atoms with van der Waals surface area (Å²) in [6.07, 6.45) is 1.93. The molecule has 4 nitrogen and oxygen atoms in total. The Bertz CT molecular complexity index is 536. The van der Waals surface area contributed by atoms with Gasteiger partial charge < -0.3 is 15.1 Å². The lowest BCUT2D eigenvalue weighted by Gasteiger charge is -2.40. The van der Waals surface area contributed by atoms with Crippen molar-refractivity contribution in [2.45, 2.75) is 18.9 Å². The van der Waals surface area contributed by atoms with E-state index in [4.69, 9.17) is 11.6 Å². The lowest BCUT2D eigenvalue weighted by Crippen LogP contribution is -2.51. The number of rotatable bonds is 2. The zero-order valence-electron chi connectivity index (χ0n) is 13.9. The van der Waals surface area contributed by atoms with Crippen molar-refractivity contribution in [2.24, 2.45) is 5.92 Å². The first kappa shape index (κ1) is 21.5. The molecule has 0 saturated carbocycles. The lowest BCUT2D eigenvalue weighted by atomic mass is 9.93. The predicted molar refractivity (Wildman–Crippen MR) is 103 cm³/mol. The summed E-state index contributed by atoms with van der Waals surface area (Å²) in [4.78, 5) is 17.3. The predicted octanol–water partition coefficient (Wildman–Crippen LogP) is 3.00. The van der Waals surface area contributed by atoms with Gasteiger partial charge in [0.2, 0.25) is 5.91 Å². The van der Waals surface area contributed by atoms with Gasteiger partial charge in [-0.05, 0) is 44.6 Å². The molecule has 2 heterocycles. The number of hydrogen-bond acceptors (Lipinski definition) is 3. The van der Waals surface area contributed by atoms with Crippen LogP contribution in [-0.4, -0.2) is 55.5 Å². The first-order valence-electron chi connectivity index (χ1n) is 8.11. The summed E-state index contributed by atoms with van der Waals surface area (Å²) < 4.78 is 0. The average Bonchev–Trinajstić information content (AvgIpc) is 2.55. The van der Waals surface area contributed by atoms with E-state index in [1.807, 2.05) is 29.2 Å². The highest BCUT2D eigenvalue weighted by Gasteiger charge is 2.34. The van der Waals surface area contributed by atoms with Crippen LogP contribution in [0.3, 0.4) is 0 Å². The number of hydrogen-bond donors (Lipinski definition) is 1. The van der Waals surface area contributed by atoms with Crippen molar-refractivity contribution in [1.82, 2.24) is 15.1 Å². The quantitative estimate of drug-likeness (QED) is 0.837. The molecule has 1 amide bonds. The van der Waals surface area contributed by atoms with E-state index in [1.54, 1.807) is 0 Å². The van der Waals surface area contributed by atoms with E-state index in [0.29, 0.717) is 5.91 Å². The number of halogens is 3. The molecule has 2 aliphatic rings. The van der Waals surface area contributed by atoms with Crippen LogP contribution in [0, 0.1) is 5.92 Å². The van der Waals surface area contributed by atoms with Crippen LogP contribution in [0.2, 0.25) is 5.02 Å². The van der Waals surface area contributed by atoms with Gasteiger partial charge in [0.05, 0.1) is 6.04 Å². The van der Waals surface area contributed by atoms with Crippen molar-refractivity contribution in [3.63, 3.8) is 0 Å². The van der Waals surface area contributed by atoms with E-state index >= 15 is 0 Å². The van der Waals surface area contributed by atoms with Crippen molar-refractivity contribution in [3.05, 3.63) is 34.9 Å². The standard InChI is InChI=1S/C17H24ClN3O.2ClH/c1-20-9-6-13(7-10-20)17(22)21-11-8-19-12-16(21)14-4-2-3-5-15(14)18;;/h2-5,13,16,19H,6-12H2,1H3;2*1H. The fourth-order valence-electron chi connectivity index (χ4n) is 3.48. The third kappa shape index (κ3) is 4.77. The fourth-order valence-corrected chi connectivity index (χ4v) is 3.74. The molecule has 1 atom stereocenters. The van der Waals surface area contributed by atoms with Crippen molar-refractivity contribution in [3.8, 4) is 0 Å². The van der Waals surface area contributed by atoms with Crippen LogP contribution in [-0.2, 0) is 4.79 Å². The SMILES string of the molecule is CN1CCC(C(=O)N2CCNCC2c2ccccc2Cl)CC1.Cl.Cl. The fraction of sp³-hybridized carbons (Fsp3) is 0.588. The van der Waals surface area contributed by atoms with Crippen molar-refractivity contribution < 1.29 is 4.79 Å². The summed E-state index contributed by atoms with van der Waals surface area (Å²) in [5.41, 5.74) is 1.05. The Morgan fingerprint density at radius 3 is 2.50 bits per heavy atom. The third-order valence-corrected chi connectivity index (χ3v) is 5.20. The van der Waals surface area contributed by atoms with E-state index in [2.05, 4.69) is 17.3 Å². The van der Waals surface area contributed by atoms with Gasteiger partial charge in [0.15, 0.2) is 0 Å². The summed E-state index contributed by atoms with van der Waals surface area (Å²) in [6.45, 7) is 4.43. The Hall–Kier alpha value is -0.520. The van der Waals surface area contributed by atoms with Crippen LogP contribution in [0.5, 0.6) is 0 Å². The minimum Gasteiger partial charge on any atom is -0.333 e. The molecule has 1 aromatic rings. The highest BCUT2D eigenvalue weighted by atomic mass is 35.5. The molecule has 24 heavy (non-hydrogen) atoms. The number of amides is 1. The summed E-state index contributed by atoms with van der Waals surface area (Å²) in [7, 11) is 2.12. The molecule has 1 unspecified atom stereocenters. The first-order chi connectivity index (χ1) is 10.7. The Kier molecular flexibility index (Phi) is 8.82. The second-order valence-corrected chi connectivity index (χ2v) is 6.76. The maximum atomic E-state index is 13.0. The van der Waals surface area contributed by atoms with Gasteiger partial charge in [-0.1, -0.05) is 29.8 Å². The molecular weight excluding hydrogens is 369 g/mol. The molecule has 1 aromatic carbocycles. The molecule has 0 bridgehead atoms. The van der Waals surface area contributed by atoms with E-state index < -0.39 is 0 Å². The summed E-state index contributed by atoms with van der Waals surface area (Å²) in [5, 5.41) is 4.14. The van der Waals surface area contributed by atoms with Crippen LogP contribution in [0.15, 0.2) is 24.3 Å². The van der Waals surface area contributed by atoms with Gasteiger partial charge >= 0.3 is 0 Å². The minimum atomic E-state index is 0. The van der Waals surface area contributed by atoms with Gasteiger partial charge in [0.25, 0.3) is 0 Å². The summed E-state index contributed by atoms with van der Waals surface area (Å²) in [5.74, 6) is 0.471. The topological polar surface area (TPSA) is 35.6 Å². The molecule has 2 saturated heterocycles. The van der Waals surface area contributed by atoms with Crippen LogP contribution >= 0.6 is 36.4 Å². The normalized spacial score (nSPS) is 22.4. The van der Waals surface area contributed by atoms with Gasteiger partial charge in [0.1, 0.15) is 0 Å². The number of piperazine rings is 1. The average molecular weight is 395 g/mol. The van der Waals surface area contributed by atoms with E-state index in [-0.39, 0.29) is 36.8 Å². The second kappa shape index (κ2) is 9.83. The Morgan fingerprint density at radius 2 is 1.83 bits per heavy atom. The Balaban J connectivity index is 0.00000144. The largest absolute Gasteiger partial charge is 0.333 e.